The molecule has 0 radical (unpaired) electrons. The lowest BCUT2D eigenvalue weighted by molar-refractivity contribution is 0.223. The molecule has 1 atom stereocenters. The molecule has 100 valence electrons. The fraction of sp³-hybridized carbons (Fsp3) is 0.286. The quantitative estimate of drug-likeness (QED) is 0.850. The Hall–Kier alpha value is -0.550. The number of rotatable bonds is 4. The van der Waals surface area contributed by atoms with E-state index in [1.54, 1.807) is 0 Å². The lowest BCUT2D eigenvalue weighted by atomic mass is 10.1. The third kappa shape index (κ3) is 3.14. The predicted octanol–water partition coefficient (Wildman–Crippen LogP) is 4.79. The van der Waals surface area contributed by atoms with Gasteiger partial charge in [-0.05, 0) is 52.5 Å². The fourth-order valence-electron chi connectivity index (χ4n) is 1.80. The molecule has 5 heteroatoms. The summed E-state index contributed by atoms with van der Waals surface area (Å²) >= 11 is 10.7. The van der Waals surface area contributed by atoms with E-state index in [1.807, 2.05) is 30.3 Å². The summed E-state index contributed by atoms with van der Waals surface area (Å²) in [5, 5.41) is 10.4. The molecule has 1 aliphatic rings. The fourth-order valence-corrected chi connectivity index (χ4v) is 3.55. The largest absolute Gasteiger partial charge is 0.490 e. The van der Waals surface area contributed by atoms with Crippen LogP contribution in [0.4, 0.5) is 0 Å². The van der Waals surface area contributed by atoms with Crippen molar-refractivity contribution >= 4 is 38.9 Å². The maximum absolute atomic E-state index is 10.4. The molecule has 1 aliphatic carbocycles. The van der Waals surface area contributed by atoms with Crippen LogP contribution in [0, 0.1) is 0 Å². The summed E-state index contributed by atoms with van der Waals surface area (Å²) in [4.78, 5) is 0.820. The van der Waals surface area contributed by atoms with Crippen LogP contribution in [0.5, 0.6) is 5.75 Å². The van der Waals surface area contributed by atoms with Crippen LogP contribution in [-0.2, 0) is 0 Å². The van der Waals surface area contributed by atoms with Gasteiger partial charge in [0.25, 0.3) is 0 Å². The highest BCUT2D eigenvalue weighted by Crippen LogP contribution is 2.38. The first-order valence-electron chi connectivity index (χ1n) is 6.03. The zero-order valence-corrected chi connectivity index (χ0v) is 13.1. The van der Waals surface area contributed by atoms with Crippen LogP contribution in [0.3, 0.4) is 0 Å². The van der Waals surface area contributed by atoms with Crippen molar-refractivity contribution in [2.75, 3.05) is 0 Å². The topological polar surface area (TPSA) is 29.5 Å². The molecule has 0 amide bonds. The molecular formula is C14H12BrClO2S. The minimum Gasteiger partial charge on any atom is -0.490 e. The molecule has 0 spiro atoms. The molecule has 1 unspecified atom stereocenters. The van der Waals surface area contributed by atoms with E-state index in [4.69, 9.17) is 16.3 Å². The summed E-state index contributed by atoms with van der Waals surface area (Å²) in [5.74, 6) is 0.820. The van der Waals surface area contributed by atoms with Gasteiger partial charge in [-0.2, -0.15) is 0 Å². The van der Waals surface area contributed by atoms with E-state index in [1.165, 1.54) is 11.3 Å². The molecule has 0 bridgehead atoms. The highest BCUT2D eigenvalue weighted by molar-refractivity contribution is 9.10. The minimum absolute atomic E-state index is 0.359. The Labute approximate surface area is 129 Å². The van der Waals surface area contributed by atoms with Gasteiger partial charge >= 0.3 is 0 Å². The molecule has 1 saturated carbocycles. The molecule has 19 heavy (non-hydrogen) atoms. The van der Waals surface area contributed by atoms with Crippen LogP contribution in [0.2, 0.25) is 4.34 Å². The Balaban J connectivity index is 1.83. The maximum atomic E-state index is 10.4. The zero-order chi connectivity index (χ0) is 13.4. The molecule has 1 heterocycles. The standard InChI is InChI=1S/C14H12BrClO2S/c15-11-7-12(19-14(11)16)13(17)8-2-1-3-10(6-8)18-9-4-5-9/h1-3,6-7,9,13,17H,4-5H2. The Kier molecular flexibility index (Phi) is 3.85. The van der Waals surface area contributed by atoms with E-state index >= 15 is 0 Å². The summed E-state index contributed by atoms with van der Waals surface area (Å²) in [7, 11) is 0. The highest BCUT2D eigenvalue weighted by atomic mass is 79.9. The van der Waals surface area contributed by atoms with E-state index in [-0.39, 0.29) is 0 Å². The number of thiophene rings is 1. The second-order valence-electron chi connectivity index (χ2n) is 4.56. The Morgan fingerprint density at radius 2 is 2.16 bits per heavy atom. The molecule has 0 aliphatic heterocycles. The number of hydrogen-bond acceptors (Lipinski definition) is 3. The Morgan fingerprint density at radius 1 is 1.37 bits per heavy atom. The van der Waals surface area contributed by atoms with Crippen molar-refractivity contribution in [2.24, 2.45) is 0 Å². The van der Waals surface area contributed by atoms with Gasteiger partial charge in [-0.25, -0.2) is 0 Å². The summed E-state index contributed by atoms with van der Waals surface area (Å²) in [6.07, 6.45) is 1.94. The van der Waals surface area contributed by atoms with Crippen molar-refractivity contribution < 1.29 is 9.84 Å². The van der Waals surface area contributed by atoms with E-state index in [0.29, 0.717) is 10.4 Å². The first-order chi connectivity index (χ1) is 9.13. The number of aliphatic hydroxyl groups is 1. The smallest absolute Gasteiger partial charge is 0.120 e. The van der Waals surface area contributed by atoms with Crippen LogP contribution in [0.1, 0.15) is 29.4 Å². The summed E-state index contributed by atoms with van der Waals surface area (Å²) in [5.41, 5.74) is 0.823. The van der Waals surface area contributed by atoms with Crippen LogP contribution in [-0.4, -0.2) is 11.2 Å². The molecule has 3 rings (SSSR count). The second-order valence-corrected chi connectivity index (χ2v) is 7.10. The van der Waals surface area contributed by atoms with E-state index < -0.39 is 6.10 Å². The van der Waals surface area contributed by atoms with Gasteiger partial charge in [-0.15, -0.1) is 11.3 Å². The van der Waals surface area contributed by atoms with Gasteiger partial charge in [0.05, 0.1) is 6.10 Å². The number of hydrogen-bond donors (Lipinski definition) is 1. The van der Waals surface area contributed by atoms with Gasteiger partial charge in [-0.1, -0.05) is 23.7 Å². The average Bonchev–Trinajstić information content (AvgIpc) is 3.15. The Morgan fingerprint density at radius 3 is 2.79 bits per heavy atom. The average molecular weight is 360 g/mol. The van der Waals surface area contributed by atoms with Crippen molar-refractivity contribution in [1.82, 2.24) is 0 Å². The third-order valence-corrected chi connectivity index (χ3v) is 5.46. The van der Waals surface area contributed by atoms with E-state index in [2.05, 4.69) is 15.9 Å². The molecule has 0 saturated heterocycles. The number of halogens is 2. The van der Waals surface area contributed by atoms with Gasteiger partial charge in [0.1, 0.15) is 16.2 Å². The van der Waals surface area contributed by atoms with Crippen LogP contribution in [0.15, 0.2) is 34.8 Å². The van der Waals surface area contributed by atoms with Crippen LogP contribution >= 0.6 is 38.9 Å². The number of aliphatic hydroxyl groups excluding tert-OH is 1. The second kappa shape index (κ2) is 5.44. The molecular weight excluding hydrogens is 348 g/mol. The highest BCUT2D eigenvalue weighted by Gasteiger charge is 2.24. The van der Waals surface area contributed by atoms with Gasteiger partial charge in [0.2, 0.25) is 0 Å². The van der Waals surface area contributed by atoms with Crippen molar-refractivity contribution in [3.05, 3.63) is 49.6 Å². The van der Waals surface area contributed by atoms with Crippen LogP contribution < -0.4 is 4.74 Å². The summed E-state index contributed by atoms with van der Waals surface area (Å²) in [6, 6.07) is 9.47. The summed E-state index contributed by atoms with van der Waals surface area (Å²) in [6.45, 7) is 0. The van der Waals surface area contributed by atoms with Gasteiger partial charge < -0.3 is 9.84 Å². The third-order valence-electron chi connectivity index (χ3n) is 2.93. The molecule has 1 fully saturated rings. The van der Waals surface area contributed by atoms with Gasteiger partial charge in [0.15, 0.2) is 0 Å². The molecule has 1 aromatic heterocycles. The van der Waals surface area contributed by atoms with Crippen LogP contribution in [0.25, 0.3) is 0 Å². The maximum Gasteiger partial charge on any atom is 0.120 e. The van der Waals surface area contributed by atoms with Gasteiger partial charge in [0, 0.05) is 9.35 Å². The monoisotopic (exact) mass is 358 g/mol. The molecule has 2 nitrogen and oxygen atoms in total. The summed E-state index contributed by atoms with van der Waals surface area (Å²) < 4.78 is 7.21. The first-order valence-corrected chi connectivity index (χ1v) is 8.01. The van der Waals surface area contributed by atoms with Gasteiger partial charge in [-0.3, -0.25) is 0 Å². The lowest BCUT2D eigenvalue weighted by Crippen LogP contribution is -2.00. The SMILES string of the molecule is OC(c1cccc(OC2CC2)c1)c1cc(Br)c(Cl)s1. The van der Waals surface area contributed by atoms with Crippen molar-refractivity contribution in [1.29, 1.82) is 0 Å². The lowest BCUT2D eigenvalue weighted by Gasteiger charge is -2.11. The normalized spacial score (nSPS) is 16.4. The van der Waals surface area contributed by atoms with E-state index in [9.17, 15) is 5.11 Å². The number of benzene rings is 1. The molecule has 1 N–H and O–H groups in total. The first kappa shape index (κ1) is 13.4. The molecule has 1 aromatic carbocycles. The zero-order valence-electron chi connectivity index (χ0n) is 9.98. The number of ether oxygens (including phenoxy) is 1. The Bertz CT molecular complexity index is 575. The van der Waals surface area contributed by atoms with Crippen molar-refractivity contribution in [3.63, 3.8) is 0 Å². The van der Waals surface area contributed by atoms with Crippen molar-refractivity contribution in [2.45, 2.75) is 25.0 Å². The minimum atomic E-state index is -0.670. The predicted molar refractivity (Wildman–Crippen MR) is 81.2 cm³/mol. The molecule has 2 aromatic rings. The van der Waals surface area contributed by atoms with Crippen molar-refractivity contribution in [3.8, 4) is 5.75 Å². The van der Waals surface area contributed by atoms with E-state index in [0.717, 1.165) is 33.5 Å².